The molecule has 0 unspecified atom stereocenters. The maximum Gasteiger partial charge on any atom is 0.269 e. The second-order valence-electron chi connectivity index (χ2n) is 5.74. The van der Waals surface area contributed by atoms with E-state index in [2.05, 4.69) is 20.9 Å². The molecule has 8 heteroatoms. The minimum absolute atomic E-state index is 0.168. The molecule has 1 aromatic heterocycles. The van der Waals surface area contributed by atoms with Crippen molar-refractivity contribution in [3.8, 4) is 0 Å². The molecule has 2 rings (SSSR count). The van der Waals surface area contributed by atoms with Crippen LogP contribution in [0.1, 0.15) is 34.2 Å². The van der Waals surface area contributed by atoms with Gasteiger partial charge in [-0.05, 0) is 42.8 Å². The second-order valence-corrected chi connectivity index (χ2v) is 5.74. The molecule has 0 aliphatic heterocycles. The van der Waals surface area contributed by atoms with E-state index in [1.165, 1.54) is 25.3 Å². The number of ether oxygens (including phenoxy) is 1. The SMILES string of the molecule is COCCCNC(=O)c1cc(C(=O)Nc2ccc(NC(C)=O)cc2)ccn1. The number of benzene rings is 1. The van der Waals surface area contributed by atoms with E-state index in [0.29, 0.717) is 36.5 Å². The number of hydrogen-bond acceptors (Lipinski definition) is 5. The van der Waals surface area contributed by atoms with Crippen molar-refractivity contribution in [2.24, 2.45) is 0 Å². The first kappa shape index (κ1) is 20.1. The van der Waals surface area contributed by atoms with E-state index in [9.17, 15) is 14.4 Å². The molecule has 2 aromatic rings. The van der Waals surface area contributed by atoms with Crippen LogP contribution in [0.4, 0.5) is 11.4 Å². The Balaban J connectivity index is 1.98. The van der Waals surface area contributed by atoms with Gasteiger partial charge in [-0.1, -0.05) is 0 Å². The number of anilines is 2. The summed E-state index contributed by atoms with van der Waals surface area (Å²) in [5, 5.41) is 8.11. The first-order chi connectivity index (χ1) is 13.0. The number of rotatable bonds is 8. The van der Waals surface area contributed by atoms with Crippen LogP contribution >= 0.6 is 0 Å². The van der Waals surface area contributed by atoms with Gasteiger partial charge in [0, 0.05) is 50.3 Å². The van der Waals surface area contributed by atoms with Gasteiger partial charge in [-0.15, -0.1) is 0 Å². The Morgan fingerprint density at radius 1 is 1.00 bits per heavy atom. The standard InChI is InChI=1S/C19H22N4O4/c1-13(24)22-15-4-6-16(7-5-15)23-18(25)14-8-10-20-17(12-14)19(26)21-9-3-11-27-2/h4-8,10,12H,3,9,11H2,1-2H3,(H,21,26)(H,22,24)(H,23,25). The summed E-state index contributed by atoms with van der Waals surface area (Å²) in [4.78, 5) is 39.5. The van der Waals surface area contributed by atoms with Gasteiger partial charge < -0.3 is 20.7 Å². The molecule has 0 spiro atoms. The van der Waals surface area contributed by atoms with Gasteiger partial charge in [0.15, 0.2) is 0 Å². The number of amides is 3. The highest BCUT2D eigenvalue weighted by Crippen LogP contribution is 2.15. The maximum atomic E-state index is 12.4. The Bertz CT molecular complexity index is 806. The van der Waals surface area contributed by atoms with Crippen LogP contribution in [0, 0.1) is 0 Å². The lowest BCUT2D eigenvalue weighted by atomic mass is 10.2. The van der Waals surface area contributed by atoms with E-state index in [4.69, 9.17) is 4.74 Å². The Morgan fingerprint density at radius 2 is 1.67 bits per heavy atom. The third-order valence-electron chi connectivity index (χ3n) is 3.53. The van der Waals surface area contributed by atoms with Gasteiger partial charge in [0.1, 0.15) is 5.69 Å². The van der Waals surface area contributed by atoms with E-state index in [-0.39, 0.29) is 23.4 Å². The van der Waals surface area contributed by atoms with E-state index < -0.39 is 0 Å². The van der Waals surface area contributed by atoms with Crippen molar-refractivity contribution < 1.29 is 19.1 Å². The van der Waals surface area contributed by atoms with Crippen LogP contribution < -0.4 is 16.0 Å². The summed E-state index contributed by atoms with van der Waals surface area (Å²) in [6.45, 7) is 2.44. The quantitative estimate of drug-likeness (QED) is 0.616. The van der Waals surface area contributed by atoms with E-state index >= 15 is 0 Å². The van der Waals surface area contributed by atoms with Crippen molar-refractivity contribution in [1.29, 1.82) is 0 Å². The molecular formula is C19H22N4O4. The van der Waals surface area contributed by atoms with Crippen LogP contribution in [0.3, 0.4) is 0 Å². The number of nitrogens with zero attached hydrogens (tertiary/aromatic N) is 1. The molecule has 1 heterocycles. The third kappa shape index (κ3) is 6.52. The highest BCUT2D eigenvalue weighted by molar-refractivity contribution is 6.05. The van der Waals surface area contributed by atoms with Gasteiger partial charge in [0.05, 0.1) is 0 Å². The van der Waals surface area contributed by atoms with Crippen LogP contribution in [0.5, 0.6) is 0 Å². The van der Waals surface area contributed by atoms with Crippen molar-refractivity contribution in [2.75, 3.05) is 30.9 Å². The number of pyridine rings is 1. The fraction of sp³-hybridized carbons (Fsp3) is 0.263. The van der Waals surface area contributed by atoms with E-state index in [0.717, 1.165) is 0 Å². The second kappa shape index (κ2) is 10.0. The largest absolute Gasteiger partial charge is 0.385 e. The molecule has 8 nitrogen and oxygen atoms in total. The number of aromatic nitrogens is 1. The summed E-state index contributed by atoms with van der Waals surface area (Å²) < 4.78 is 4.92. The Kier molecular flexibility index (Phi) is 7.45. The first-order valence-corrected chi connectivity index (χ1v) is 8.42. The summed E-state index contributed by atoms with van der Waals surface area (Å²) in [5.41, 5.74) is 1.69. The average Bonchev–Trinajstić information content (AvgIpc) is 2.66. The fourth-order valence-electron chi connectivity index (χ4n) is 2.25. The smallest absolute Gasteiger partial charge is 0.269 e. The molecule has 3 amide bonds. The molecule has 0 aliphatic carbocycles. The van der Waals surface area contributed by atoms with Gasteiger partial charge >= 0.3 is 0 Å². The van der Waals surface area contributed by atoms with Crippen molar-refractivity contribution in [3.63, 3.8) is 0 Å². The van der Waals surface area contributed by atoms with Crippen LogP contribution in [-0.2, 0) is 9.53 Å². The van der Waals surface area contributed by atoms with Crippen LogP contribution in [-0.4, -0.2) is 43.0 Å². The van der Waals surface area contributed by atoms with E-state index in [1.807, 2.05) is 0 Å². The zero-order chi connectivity index (χ0) is 19.6. The minimum atomic E-state index is -0.363. The molecule has 0 bridgehead atoms. The lowest BCUT2D eigenvalue weighted by Gasteiger charge is -2.08. The number of carbonyl (C=O) groups is 3. The third-order valence-corrected chi connectivity index (χ3v) is 3.53. The maximum absolute atomic E-state index is 12.4. The highest BCUT2D eigenvalue weighted by Gasteiger charge is 2.12. The molecule has 27 heavy (non-hydrogen) atoms. The highest BCUT2D eigenvalue weighted by atomic mass is 16.5. The van der Waals surface area contributed by atoms with E-state index in [1.54, 1.807) is 31.4 Å². The molecule has 142 valence electrons. The number of nitrogens with one attached hydrogen (secondary N) is 3. The van der Waals surface area contributed by atoms with Gasteiger partial charge in [-0.3, -0.25) is 19.4 Å². The fourth-order valence-corrected chi connectivity index (χ4v) is 2.25. The summed E-state index contributed by atoms with van der Waals surface area (Å²) in [7, 11) is 1.60. The van der Waals surface area contributed by atoms with Crippen LogP contribution in [0.2, 0.25) is 0 Å². The molecule has 1 aromatic carbocycles. The Morgan fingerprint density at radius 3 is 2.30 bits per heavy atom. The van der Waals surface area contributed by atoms with Gasteiger partial charge in [0.25, 0.3) is 11.8 Å². The zero-order valence-electron chi connectivity index (χ0n) is 15.2. The number of carbonyl (C=O) groups excluding carboxylic acids is 3. The van der Waals surface area contributed by atoms with Gasteiger partial charge in [0.2, 0.25) is 5.91 Å². The predicted octanol–water partition coefficient (Wildman–Crippen LogP) is 2.06. The topological polar surface area (TPSA) is 109 Å². The lowest BCUT2D eigenvalue weighted by Crippen LogP contribution is -2.26. The monoisotopic (exact) mass is 370 g/mol. The molecule has 3 N–H and O–H groups in total. The van der Waals surface area contributed by atoms with Crippen molar-refractivity contribution in [2.45, 2.75) is 13.3 Å². The van der Waals surface area contributed by atoms with Crippen LogP contribution in [0.15, 0.2) is 42.6 Å². The average molecular weight is 370 g/mol. The van der Waals surface area contributed by atoms with Crippen molar-refractivity contribution >= 4 is 29.1 Å². The predicted molar refractivity (Wildman–Crippen MR) is 102 cm³/mol. The molecule has 0 aliphatic rings. The van der Waals surface area contributed by atoms with Gasteiger partial charge in [-0.2, -0.15) is 0 Å². The summed E-state index contributed by atoms with van der Waals surface area (Å²) in [6, 6.07) is 9.68. The summed E-state index contributed by atoms with van der Waals surface area (Å²) in [6.07, 6.45) is 2.11. The van der Waals surface area contributed by atoms with Crippen molar-refractivity contribution in [1.82, 2.24) is 10.3 Å². The van der Waals surface area contributed by atoms with Gasteiger partial charge in [-0.25, -0.2) is 0 Å². The summed E-state index contributed by atoms with van der Waals surface area (Å²) in [5.74, 6) is -0.880. The molecule has 0 radical (unpaired) electrons. The molecule has 0 fully saturated rings. The molecule has 0 saturated heterocycles. The Hall–Kier alpha value is -3.26. The molecular weight excluding hydrogens is 348 g/mol. The zero-order valence-corrected chi connectivity index (χ0v) is 15.2. The molecule has 0 atom stereocenters. The minimum Gasteiger partial charge on any atom is -0.385 e. The van der Waals surface area contributed by atoms with Crippen molar-refractivity contribution in [3.05, 3.63) is 53.9 Å². The van der Waals surface area contributed by atoms with Crippen LogP contribution in [0.25, 0.3) is 0 Å². The first-order valence-electron chi connectivity index (χ1n) is 8.42. The summed E-state index contributed by atoms with van der Waals surface area (Å²) >= 11 is 0. The number of hydrogen-bond donors (Lipinski definition) is 3. The normalized spacial score (nSPS) is 10.1. The Labute approximate surface area is 157 Å². The molecule has 0 saturated carbocycles. The lowest BCUT2D eigenvalue weighted by molar-refractivity contribution is -0.114. The number of methoxy groups -OCH3 is 1.